The first kappa shape index (κ1) is 12.4. The fraction of sp³-hybridized carbons (Fsp3) is 0.154. The van der Waals surface area contributed by atoms with Crippen molar-refractivity contribution in [3.05, 3.63) is 48.9 Å². The molecule has 3 aromatic heterocycles. The third-order valence-corrected chi connectivity index (χ3v) is 2.78. The molecule has 0 aliphatic rings. The molecule has 0 saturated heterocycles. The number of aromatic nitrogens is 6. The lowest BCUT2D eigenvalue weighted by Crippen LogP contribution is -2.14. The van der Waals surface area contributed by atoms with Crippen LogP contribution in [0.2, 0.25) is 0 Å². The summed E-state index contributed by atoms with van der Waals surface area (Å²) in [5, 5.41) is 4.16. The first-order valence-electron chi connectivity index (χ1n) is 6.15. The topological polar surface area (TPSA) is 95.4 Å². The van der Waals surface area contributed by atoms with Crippen molar-refractivity contribution in [2.75, 3.05) is 0 Å². The van der Waals surface area contributed by atoms with Gasteiger partial charge in [-0.25, -0.2) is 15.0 Å². The van der Waals surface area contributed by atoms with E-state index in [-0.39, 0.29) is 6.04 Å². The second-order valence-electron chi connectivity index (χ2n) is 4.30. The summed E-state index contributed by atoms with van der Waals surface area (Å²) in [5.74, 6) is 1.26. The number of nitrogens with two attached hydrogens (primary N) is 1. The van der Waals surface area contributed by atoms with E-state index in [2.05, 4.69) is 25.0 Å². The van der Waals surface area contributed by atoms with Crippen molar-refractivity contribution in [3.63, 3.8) is 0 Å². The maximum absolute atomic E-state index is 5.87. The normalized spacial score (nSPS) is 12.3. The molecule has 3 rings (SSSR count). The number of hydrogen-bond acceptors (Lipinski definition) is 6. The first-order valence-corrected chi connectivity index (χ1v) is 6.15. The highest BCUT2D eigenvalue weighted by Gasteiger charge is 2.12. The molecule has 7 nitrogen and oxygen atoms in total. The molecule has 3 aromatic rings. The Morgan fingerprint density at radius 1 is 1.05 bits per heavy atom. The van der Waals surface area contributed by atoms with Crippen molar-refractivity contribution in [3.8, 4) is 17.2 Å². The molecule has 3 heterocycles. The average molecular weight is 267 g/mol. The van der Waals surface area contributed by atoms with Gasteiger partial charge in [-0.3, -0.25) is 4.98 Å². The molecule has 7 heteroatoms. The maximum atomic E-state index is 5.87. The van der Waals surface area contributed by atoms with E-state index in [9.17, 15) is 0 Å². The Morgan fingerprint density at radius 2 is 1.95 bits per heavy atom. The Hall–Kier alpha value is -2.67. The van der Waals surface area contributed by atoms with Crippen LogP contribution in [-0.2, 0) is 0 Å². The van der Waals surface area contributed by atoms with E-state index in [0.717, 1.165) is 11.4 Å². The van der Waals surface area contributed by atoms with Crippen molar-refractivity contribution in [2.24, 2.45) is 5.73 Å². The van der Waals surface area contributed by atoms with Crippen LogP contribution in [-0.4, -0.2) is 29.7 Å². The van der Waals surface area contributed by atoms with E-state index in [1.165, 1.54) is 12.7 Å². The highest BCUT2D eigenvalue weighted by atomic mass is 15.4. The fourth-order valence-electron chi connectivity index (χ4n) is 1.85. The molecule has 0 aliphatic carbocycles. The van der Waals surface area contributed by atoms with Gasteiger partial charge in [0.25, 0.3) is 0 Å². The monoisotopic (exact) mass is 267 g/mol. The summed E-state index contributed by atoms with van der Waals surface area (Å²) < 4.78 is 1.61. The molecular formula is C13H13N7. The maximum Gasteiger partial charge on any atom is 0.159 e. The molecule has 0 aliphatic heterocycles. The number of nitrogens with zero attached hydrogens (tertiary/aromatic N) is 6. The van der Waals surface area contributed by atoms with Gasteiger partial charge in [-0.2, -0.15) is 9.78 Å². The second-order valence-corrected chi connectivity index (χ2v) is 4.30. The van der Waals surface area contributed by atoms with Crippen LogP contribution in [0.15, 0.2) is 43.1 Å². The quantitative estimate of drug-likeness (QED) is 0.764. The Labute approximate surface area is 115 Å². The van der Waals surface area contributed by atoms with Gasteiger partial charge in [-0.05, 0) is 19.1 Å². The van der Waals surface area contributed by atoms with Crippen LogP contribution in [0, 0.1) is 0 Å². The highest BCUT2D eigenvalue weighted by Crippen LogP contribution is 2.17. The van der Waals surface area contributed by atoms with Gasteiger partial charge in [0, 0.05) is 12.3 Å². The lowest BCUT2D eigenvalue weighted by Gasteiger charge is -2.08. The van der Waals surface area contributed by atoms with Gasteiger partial charge in [0.2, 0.25) is 0 Å². The Morgan fingerprint density at radius 3 is 2.70 bits per heavy atom. The van der Waals surface area contributed by atoms with Crippen molar-refractivity contribution < 1.29 is 0 Å². The average Bonchev–Trinajstić information content (AvgIpc) is 2.98. The Balaban J connectivity index is 2.06. The SMILES string of the molecule is CC(N)c1ncnn1-c1cc(-c2ccccn2)ncn1. The molecule has 0 bridgehead atoms. The lowest BCUT2D eigenvalue weighted by molar-refractivity contribution is 0.680. The van der Waals surface area contributed by atoms with Crippen molar-refractivity contribution in [2.45, 2.75) is 13.0 Å². The summed E-state index contributed by atoms with van der Waals surface area (Å²) in [6.07, 6.45) is 4.66. The number of pyridine rings is 1. The van der Waals surface area contributed by atoms with Crippen LogP contribution in [0.1, 0.15) is 18.8 Å². The van der Waals surface area contributed by atoms with Gasteiger partial charge >= 0.3 is 0 Å². The molecule has 100 valence electrons. The molecule has 2 N–H and O–H groups in total. The minimum atomic E-state index is -0.231. The van der Waals surface area contributed by atoms with E-state index in [1.54, 1.807) is 10.9 Å². The first-order chi connectivity index (χ1) is 9.75. The second kappa shape index (κ2) is 5.14. The van der Waals surface area contributed by atoms with E-state index in [0.29, 0.717) is 11.6 Å². The molecule has 0 amide bonds. The summed E-state index contributed by atoms with van der Waals surface area (Å²) in [4.78, 5) is 16.9. The third kappa shape index (κ3) is 2.26. The minimum absolute atomic E-state index is 0.231. The van der Waals surface area contributed by atoms with Crippen LogP contribution in [0.4, 0.5) is 0 Å². The van der Waals surface area contributed by atoms with Gasteiger partial charge < -0.3 is 5.73 Å². The zero-order valence-corrected chi connectivity index (χ0v) is 10.9. The van der Waals surface area contributed by atoms with Gasteiger partial charge in [-0.1, -0.05) is 6.07 Å². The number of hydrogen-bond donors (Lipinski definition) is 1. The largest absolute Gasteiger partial charge is 0.322 e. The van der Waals surface area contributed by atoms with Gasteiger partial charge in [0.1, 0.15) is 12.7 Å². The van der Waals surface area contributed by atoms with Gasteiger partial charge in [-0.15, -0.1) is 0 Å². The van der Waals surface area contributed by atoms with Crippen molar-refractivity contribution in [1.29, 1.82) is 0 Å². The van der Waals surface area contributed by atoms with Crippen molar-refractivity contribution in [1.82, 2.24) is 29.7 Å². The van der Waals surface area contributed by atoms with Crippen LogP contribution in [0.5, 0.6) is 0 Å². The van der Waals surface area contributed by atoms with Gasteiger partial charge in [0.15, 0.2) is 11.6 Å². The van der Waals surface area contributed by atoms with E-state index >= 15 is 0 Å². The molecule has 20 heavy (non-hydrogen) atoms. The Kier molecular flexibility index (Phi) is 3.18. The summed E-state index contributed by atoms with van der Waals surface area (Å²) in [6, 6.07) is 7.23. The fourth-order valence-corrected chi connectivity index (χ4v) is 1.85. The van der Waals surface area contributed by atoms with Crippen LogP contribution >= 0.6 is 0 Å². The summed E-state index contributed by atoms with van der Waals surface area (Å²) >= 11 is 0. The smallest absolute Gasteiger partial charge is 0.159 e. The molecule has 0 spiro atoms. The van der Waals surface area contributed by atoms with E-state index in [1.807, 2.05) is 31.2 Å². The number of rotatable bonds is 3. The standard InChI is InChI=1S/C13H13N7/c1-9(14)13-18-8-19-20(13)12-6-11(16-7-17-12)10-4-2-3-5-15-10/h2-9H,14H2,1H3. The molecule has 1 atom stereocenters. The molecule has 0 fully saturated rings. The zero-order valence-electron chi connectivity index (χ0n) is 10.9. The Bertz CT molecular complexity index is 706. The summed E-state index contributed by atoms with van der Waals surface area (Å²) in [7, 11) is 0. The zero-order chi connectivity index (χ0) is 13.9. The van der Waals surface area contributed by atoms with Crippen LogP contribution in [0.25, 0.3) is 17.2 Å². The molecule has 0 radical (unpaired) electrons. The third-order valence-electron chi connectivity index (χ3n) is 2.78. The molecule has 0 aromatic carbocycles. The lowest BCUT2D eigenvalue weighted by atomic mass is 10.2. The molecule has 1 unspecified atom stereocenters. The molecule has 0 saturated carbocycles. The van der Waals surface area contributed by atoms with Crippen LogP contribution < -0.4 is 5.73 Å². The van der Waals surface area contributed by atoms with Gasteiger partial charge in [0.05, 0.1) is 17.4 Å². The van der Waals surface area contributed by atoms with E-state index < -0.39 is 0 Å². The van der Waals surface area contributed by atoms with Crippen LogP contribution in [0.3, 0.4) is 0 Å². The molecular weight excluding hydrogens is 254 g/mol. The minimum Gasteiger partial charge on any atom is -0.322 e. The highest BCUT2D eigenvalue weighted by molar-refractivity contribution is 5.55. The van der Waals surface area contributed by atoms with E-state index in [4.69, 9.17) is 5.73 Å². The van der Waals surface area contributed by atoms with Crippen molar-refractivity contribution >= 4 is 0 Å². The predicted octanol–water partition coefficient (Wildman–Crippen LogP) is 1.14. The predicted molar refractivity (Wildman–Crippen MR) is 72.8 cm³/mol. The summed E-state index contributed by atoms with van der Waals surface area (Å²) in [6.45, 7) is 1.85. The summed E-state index contributed by atoms with van der Waals surface area (Å²) in [5.41, 5.74) is 7.37.